The summed E-state index contributed by atoms with van der Waals surface area (Å²) in [6.07, 6.45) is 0.660. The highest BCUT2D eigenvalue weighted by atomic mass is 79.9. The third-order valence-electron chi connectivity index (χ3n) is 6.36. The minimum Gasteiger partial charge on any atom is -0.292 e. The van der Waals surface area contributed by atoms with Gasteiger partial charge in [0.2, 0.25) is 0 Å². The molecular weight excluding hydrogens is 620 g/mol. The first kappa shape index (κ1) is 26.5. The second kappa shape index (κ2) is 10.5. The van der Waals surface area contributed by atoms with Gasteiger partial charge < -0.3 is 0 Å². The molecule has 0 aromatic heterocycles. The van der Waals surface area contributed by atoms with Crippen molar-refractivity contribution in [2.75, 3.05) is 6.54 Å². The number of nitro groups is 2. The lowest BCUT2D eigenvalue weighted by Gasteiger charge is -2.30. The fourth-order valence-electron chi connectivity index (χ4n) is 4.45. The average molecular weight is 638 g/mol. The van der Waals surface area contributed by atoms with Crippen molar-refractivity contribution in [1.82, 2.24) is 10.0 Å². The normalized spacial score (nSPS) is 22.9. The van der Waals surface area contributed by atoms with E-state index in [0.717, 1.165) is 18.2 Å². The molecular formula is C23H18Br2N4O8. The number of non-ortho nitro benzene ring substituents is 2. The maximum Gasteiger partial charge on any atom is 0.273 e. The van der Waals surface area contributed by atoms with E-state index in [-0.39, 0.29) is 32.2 Å². The SMILES string of the molecule is O=C(CN(C(=O)c1cccc([N+](=O)[O-])c1)N1C(=O)[C@@H]2C[C@@H](Br)[C@@H](Br)C[C@H]2C1=O)c1ccc([N+](=O)[O-])cc1. The summed E-state index contributed by atoms with van der Waals surface area (Å²) >= 11 is 6.99. The molecule has 12 nitrogen and oxygen atoms in total. The van der Waals surface area contributed by atoms with Gasteiger partial charge in [0.05, 0.1) is 21.7 Å². The van der Waals surface area contributed by atoms with Crippen LogP contribution < -0.4 is 0 Å². The molecule has 3 amide bonds. The van der Waals surface area contributed by atoms with Gasteiger partial charge in [-0.1, -0.05) is 37.9 Å². The quantitative estimate of drug-likeness (QED) is 0.146. The van der Waals surface area contributed by atoms with E-state index >= 15 is 0 Å². The van der Waals surface area contributed by atoms with Crippen LogP contribution in [0.2, 0.25) is 0 Å². The molecule has 14 heteroatoms. The molecule has 37 heavy (non-hydrogen) atoms. The smallest absolute Gasteiger partial charge is 0.273 e. The third kappa shape index (κ3) is 5.16. The van der Waals surface area contributed by atoms with Gasteiger partial charge >= 0.3 is 0 Å². The van der Waals surface area contributed by atoms with Crippen LogP contribution in [0.25, 0.3) is 0 Å². The fraction of sp³-hybridized carbons (Fsp3) is 0.304. The lowest BCUT2D eigenvalue weighted by Crippen LogP contribution is -2.52. The number of hydrogen-bond acceptors (Lipinski definition) is 8. The highest BCUT2D eigenvalue weighted by molar-refractivity contribution is 9.12. The number of carbonyl (C=O) groups is 4. The number of nitrogens with zero attached hydrogens (tertiary/aromatic N) is 4. The highest BCUT2D eigenvalue weighted by Gasteiger charge is 2.54. The zero-order chi connectivity index (χ0) is 27.0. The Bertz CT molecular complexity index is 1290. The van der Waals surface area contributed by atoms with Gasteiger partial charge in [-0.15, -0.1) is 0 Å². The predicted molar refractivity (Wildman–Crippen MR) is 135 cm³/mol. The number of rotatable bonds is 7. The summed E-state index contributed by atoms with van der Waals surface area (Å²) in [6.45, 7) is -0.744. The van der Waals surface area contributed by atoms with E-state index in [2.05, 4.69) is 31.9 Å². The zero-order valence-electron chi connectivity index (χ0n) is 18.9. The number of hydrazine groups is 1. The molecule has 0 bridgehead atoms. The van der Waals surface area contributed by atoms with Crippen LogP contribution in [0.15, 0.2) is 48.5 Å². The third-order valence-corrected chi connectivity index (χ3v) is 9.09. The maximum absolute atomic E-state index is 13.5. The Hall–Kier alpha value is -3.52. The number of imide groups is 1. The Morgan fingerprint density at radius 2 is 1.41 bits per heavy atom. The van der Waals surface area contributed by atoms with Gasteiger partial charge in [0.1, 0.15) is 6.54 Å². The minimum absolute atomic E-state index is 0.0139. The summed E-state index contributed by atoms with van der Waals surface area (Å²) in [4.78, 5) is 74.0. The van der Waals surface area contributed by atoms with Crippen LogP contribution in [-0.2, 0) is 9.59 Å². The molecule has 1 aliphatic carbocycles. The van der Waals surface area contributed by atoms with Gasteiger partial charge in [-0.2, -0.15) is 5.01 Å². The largest absolute Gasteiger partial charge is 0.292 e. The summed E-state index contributed by atoms with van der Waals surface area (Å²) in [5.74, 6) is -4.35. The fourth-order valence-corrected chi connectivity index (χ4v) is 5.68. The molecule has 1 heterocycles. The molecule has 2 aliphatic rings. The monoisotopic (exact) mass is 636 g/mol. The molecule has 1 saturated heterocycles. The molecule has 4 atom stereocenters. The van der Waals surface area contributed by atoms with Gasteiger partial charge in [0.15, 0.2) is 5.78 Å². The molecule has 2 aromatic carbocycles. The van der Waals surface area contributed by atoms with Crippen LogP contribution in [0.1, 0.15) is 33.6 Å². The molecule has 0 spiro atoms. The standard InChI is InChI=1S/C23H18Br2N4O8/c24-18-9-16-17(10-19(18)25)23(33)27(22(16)32)26(21(31)13-2-1-3-15(8-13)29(36)37)11-20(30)12-4-6-14(7-5-12)28(34)35/h1-8,16-19H,9-11H2/t16-,17-,18-,19+/m1/s1. The molecule has 0 radical (unpaired) electrons. The molecule has 1 saturated carbocycles. The van der Waals surface area contributed by atoms with Crippen LogP contribution in [0.3, 0.4) is 0 Å². The number of ketones is 1. The van der Waals surface area contributed by atoms with E-state index in [1.807, 2.05) is 0 Å². The summed E-state index contributed by atoms with van der Waals surface area (Å²) in [5.41, 5.74) is -0.814. The van der Waals surface area contributed by atoms with Crippen molar-refractivity contribution in [3.8, 4) is 0 Å². The van der Waals surface area contributed by atoms with E-state index in [0.29, 0.717) is 22.9 Å². The van der Waals surface area contributed by atoms with E-state index in [4.69, 9.17) is 0 Å². The van der Waals surface area contributed by atoms with Crippen molar-refractivity contribution in [2.45, 2.75) is 22.5 Å². The van der Waals surface area contributed by atoms with Crippen molar-refractivity contribution in [3.05, 3.63) is 79.9 Å². The molecule has 2 aromatic rings. The summed E-state index contributed by atoms with van der Waals surface area (Å²) < 4.78 is 0. The lowest BCUT2D eigenvalue weighted by molar-refractivity contribution is -0.385. The predicted octanol–water partition coefficient (Wildman–Crippen LogP) is 3.67. The molecule has 0 N–H and O–H groups in total. The number of hydrogen-bond donors (Lipinski definition) is 0. The van der Waals surface area contributed by atoms with Gasteiger partial charge in [0.25, 0.3) is 29.1 Å². The van der Waals surface area contributed by atoms with Crippen LogP contribution in [-0.4, -0.2) is 59.6 Å². The Kier molecular flexibility index (Phi) is 7.50. The topological polar surface area (TPSA) is 161 Å². The van der Waals surface area contributed by atoms with Crippen molar-refractivity contribution >= 4 is 66.7 Å². The van der Waals surface area contributed by atoms with E-state index in [1.54, 1.807) is 0 Å². The van der Waals surface area contributed by atoms with Gasteiger partial charge in [-0.3, -0.25) is 39.4 Å². The minimum atomic E-state index is -0.954. The number of carbonyl (C=O) groups excluding carboxylic acids is 4. The Balaban J connectivity index is 1.71. The first-order valence-electron chi connectivity index (χ1n) is 11.0. The van der Waals surface area contributed by atoms with Crippen molar-refractivity contribution in [3.63, 3.8) is 0 Å². The second-order valence-corrected chi connectivity index (χ2v) is 11.0. The van der Waals surface area contributed by atoms with Crippen molar-refractivity contribution in [1.29, 1.82) is 0 Å². The number of fused-ring (bicyclic) bond motifs is 1. The van der Waals surface area contributed by atoms with Gasteiger partial charge in [-0.05, 0) is 31.0 Å². The molecule has 4 rings (SSSR count). The number of Topliss-reactive ketones (excluding diaryl/α,β-unsaturated/α-hetero) is 1. The molecule has 0 unspecified atom stereocenters. The van der Waals surface area contributed by atoms with Gasteiger partial charge in [0, 0.05) is 45.0 Å². The summed E-state index contributed by atoms with van der Waals surface area (Å²) in [6, 6.07) is 9.37. The molecule has 192 valence electrons. The Morgan fingerprint density at radius 3 is 1.92 bits per heavy atom. The van der Waals surface area contributed by atoms with Gasteiger partial charge in [-0.25, -0.2) is 5.01 Å². The van der Waals surface area contributed by atoms with E-state index in [1.165, 1.54) is 30.3 Å². The molecule has 2 fully saturated rings. The second-order valence-electron chi connectivity index (χ2n) is 8.60. The lowest BCUT2D eigenvalue weighted by atomic mass is 9.81. The molecule has 1 aliphatic heterocycles. The summed E-state index contributed by atoms with van der Waals surface area (Å²) in [5, 5.41) is 23.5. The Morgan fingerprint density at radius 1 is 0.865 bits per heavy atom. The van der Waals surface area contributed by atoms with E-state index in [9.17, 15) is 39.4 Å². The number of benzene rings is 2. The van der Waals surface area contributed by atoms with E-state index < -0.39 is 51.7 Å². The number of amides is 3. The Labute approximate surface area is 226 Å². The average Bonchev–Trinajstić information content (AvgIpc) is 3.11. The van der Waals surface area contributed by atoms with Crippen molar-refractivity contribution in [2.24, 2.45) is 11.8 Å². The first-order valence-corrected chi connectivity index (χ1v) is 12.8. The van der Waals surface area contributed by atoms with Crippen LogP contribution in [0.4, 0.5) is 11.4 Å². The number of alkyl halides is 2. The van der Waals surface area contributed by atoms with Crippen molar-refractivity contribution < 1.29 is 29.0 Å². The highest BCUT2D eigenvalue weighted by Crippen LogP contribution is 2.43. The zero-order valence-corrected chi connectivity index (χ0v) is 22.0. The maximum atomic E-state index is 13.5. The van der Waals surface area contributed by atoms with Crippen LogP contribution in [0, 0.1) is 32.1 Å². The number of halogens is 2. The summed E-state index contributed by atoms with van der Waals surface area (Å²) in [7, 11) is 0. The first-order chi connectivity index (χ1) is 17.5. The van der Waals surface area contributed by atoms with Crippen LogP contribution >= 0.6 is 31.9 Å². The number of nitro benzene ring substituents is 2. The van der Waals surface area contributed by atoms with Crippen LogP contribution in [0.5, 0.6) is 0 Å².